The van der Waals surface area contributed by atoms with Crippen molar-refractivity contribution < 1.29 is 14.3 Å². The number of carbonyl (C=O) groups is 2. The van der Waals surface area contributed by atoms with E-state index in [1.54, 1.807) is 6.92 Å². The van der Waals surface area contributed by atoms with Crippen molar-refractivity contribution in [3.63, 3.8) is 0 Å². The zero-order chi connectivity index (χ0) is 20.6. The molecule has 3 rings (SSSR count). The molecule has 2 amide bonds. The van der Waals surface area contributed by atoms with Crippen molar-refractivity contribution in [2.75, 3.05) is 18.5 Å². The second-order valence-electron chi connectivity index (χ2n) is 7.19. The van der Waals surface area contributed by atoms with E-state index in [4.69, 9.17) is 16.3 Å². The highest BCUT2D eigenvalue weighted by atomic mass is 35.5. The van der Waals surface area contributed by atoms with Crippen LogP contribution < -0.4 is 5.32 Å². The Hall–Kier alpha value is -2.53. The van der Waals surface area contributed by atoms with Crippen LogP contribution in [0.25, 0.3) is 0 Å². The molecule has 0 spiro atoms. The first-order chi connectivity index (χ1) is 14.1. The molecule has 1 heterocycles. The molecular formula is C23H27ClN2O3. The summed E-state index contributed by atoms with van der Waals surface area (Å²) >= 11 is 6.43. The second-order valence-corrected chi connectivity index (χ2v) is 7.60. The monoisotopic (exact) mass is 414 g/mol. The van der Waals surface area contributed by atoms with E-state index in [0.29, 0.717) is 23.9 Å². The molecule has 5 nitrogen and oxygen atoms in total. The maximum atomic E-state index is 13.1. The largest absolute Gasteiger partial charge is 0.466 e. The van der Waals surface area contributed by atoms with Gasteiger partial charge in [0.1, 0.15) is 0 Å². The van der Waals surface area contributed by atoms with E-state index in [1.165, 1.54) is 0 Å². The predicted octanol–water partition coefficient (Wildman–Crippen LogP) is 5.59. The van der Waals surface area contributed by atoms with Gasteiger partial charge in [0, 0.05) is 17.3 Å². The molecule has 1 N–H and O–H groups in total. The molecule has 0 saturated carbocycles. The zero-order valence-electron chi connectivity index (χ0n) is 16.7. The van der Waals surface area contributed by atoms with Crippen molar-refractivity contribution in [1.29, 1.82) is 0 Å². The molecule has 2 aromatic rings. The van der Waals surface area contributed by atoms with Crippen LogP contribution in [-0.4, -0.2) is 30.1 Å². The fourth-order valence-electron chi connectivity index (χ4n) is 3.70. The van der Waals surface area contributed by atoms with Gasteiger partial charge in [-0.25, -0.2) is 4.79 Å². The van der Waals surface area contributed by atoms with Crippen molar-refractivity contribution >= 4 is 29.3 Å². The maximum absolute atomic E-state index is 13.1. The lowest BCUT2D eigenvalue weighted by atomic mass is 10.0. The number of hydrogen-bond donors (Lipinski definition) is 1. The lowest BCUT2D eigenvalue weighted by Gasteiger charge is -2.31. The van der Waals surface area contributed by atoms with Gasteiger partial charge in [-0.3, -0.25) is 4.79 Å². The third kappa shape index (κ3) is 5.73. The Morgan fingerprint density at radius 2 is 1.86 bits per heavy atom. The van der Waals surface area contributed by atoms with Crippen LogP contribution in [0.3, 0.4) is 0 Å². The van der Waals surface area contributed by atoms with E-state index in [0.717, 1.165) is 36.8 Å². The number of anilines is 1. The number of esters is 1. The number of nitrogens with zero attached hydrogens (tertiary/aromatic N) is 1. The number of urea groups is 1. The van der Waals surface area contributed by atoms with Gasteiger partial charge in [-0.2, -0.15) is 0 Å². The number of amides is 2. The van der Waals surface area contributed by atoms with Crippen LogP contribution in [-0.2, 0) is 16.0 Å². The Labute approximate surface area is 177 Å². The van der Waals surface area contributed by atoms with E-state index in [9.17, 15) is 9.59 Å². The highest BCUT2D eigenvalue weighted by molar-refractivity contribution is 6.31. The fraction of sp³-hybridized carbons (Fsp3) is 0.391. The van der Waals surface area contributed by atoms with Crippen LogP contribution in [0.15, 0.2) is 48.5 Å². The summed E-state index contributed by atoms with van der Waals surface area (Å²) in [5, 5.41) is 3.69. The van der Waals surface area contributed by atoms with Gasteiger partial charge in [0.25, 0.3) is 0 Å². The first kappa shape index (κ1) is 21.2. The molecule has 6 heteroatoms. The number of rotatable bonds is 5. The van der Waals surface area contributed by atoms with Crippen molar-refractivity contribution in [2.45, 2.75) is 45.1 Å². The van der Waals surface area contributed by atoms with Gasteiger partial charge in [0.15, 0.2) is 0 Å². The van der Waals surface area contributed by atoms with Gasteiger partial charge >= 0.3 is 12.0 Å². The normalized spacial score (nSPS) is 16.8. The molecule has 0 radical (unpaired) electrons. The minimum atomic E-state index is -0.253. The smallest absolute Gasteiger partial charge is 0.322 e. The quantitative estimate of drug-likeness (QED) is 0.648. The van der Waals surface area contributed by atoms with Crippen LogP contribution in [0.5, 0.6) is 0 Å². The van der Waals surface area contributed by atoms with Crippen LogP contribution in [0.1, 0.15) is 49.8 Å². The first-order valence-corrected chi connectivity index (χ1v) is 10.5. The van der Waals surface area contributed by atoms with E-state index < -0.39 is 0 Å². The molecule has 2 aromatic carbocycles. The number of carbonyl (C=O) groups excluding carboxylic acids is 2. The summed E-state index contributed by atoms with van der Waals surface area (Å²) in [6.07, 6.45) is 4.28. The summed E-state index contributed by atoms with van der Waals surface area (Å²) in [5.74, 6) is -0.253. The van der Waals surface area contributed by atoms with Gasteiger partial charge < -0.3 is 15.0 Å². The van der Waals surface area contributed by atoms with Gasteiger partial charge in [-0.05, 0) is 49.1 Å². The van der Waals surface area contributed by atoms with Crippen LogP contribution in [0.2, 0.25) is 5.02 Å². The average molecular weight is 415 g/mol. The van der Waals surface area contributed by atoms with Crippen LogP contribution in [0.4, 0.5) is 10.5 Å². The van der Waals surface area contributed by atoms with E-state index in [1.807, 2.05) is 53.4 Å². The highest BCUT2D eigenvalue weighted by Crippen LogP contribution is 2.34. The van der Waals surface area contributed by atoms with Gasteiger partial charge in [0.05, 0.1) is 19.1 Å². The minimum Gasteiger partial charge on any atom is -0.466 e. The van der Waals surface area contributed by atoms with Crippen molar-refractivity contribution in [1.82, 2.24) is 4.90 Å². The predicted molar refractivity (Wildman–Crippen MR) is 115 cm³/mol. The summed E-state index contributed by atoms with van der Waals surface area (Å²) in [6.45, 7) is 2.85. The zero-order valence-corrected chi connectivity index (χ0v) is 17.5. The average Bonchev–Trinajstić information content (AvgIpc) is 2.96. The lowest BCUT2D eigenvalue weighted by Crippen LogP contribution is -2.38. The Morgan fingerprint density at radius 3 is 2.59 bits per heavy atom. The Morgan fingerprint density at radius 1 is 1.10 bits per heavy atom. The Bertz CT molecular complexity index is 838. The summed E-state index contributed by atoms with van der Waals surface area (Å²) < 4.78 is 4.97. The first-order valence-electron chi connectivity index (χ1n) is 10.1. The summed E-state index contributed by atoms with van der Waals surface area (Å²) in [7, 11) is 0. The molecule has 154 valence electrons. The Kier molecular flexibility index (Phi) is 7.53. The van der Waals surface area contributed by atoms with E-state index >= 15 is 0 Å². The third-order valence-electron chi connectivity index (χ3n) is 5.14. The fourth-order valence-corrected chi connectivity index (χ4v) is 3.96. The summed E-state index contributed by atoms with van der Waals surface area (Å²) in [4.78, 5) is 26.6. The lowest BCUT2D eigenvalue weighted by molar-refractivity contribution is -0.142. The molecule has 1 saturated heterocycles. The van der Waals surface area contributed by atoms with Crippen molar-refractivity contribution in [2.24, 2.45) is 0 Å². The van der Waals surface area contributed by atoms with Gasteiger partial charge in [-0.15, -0.1) is 0 Å². The maximum Gasteiger partial charge on any atom is 0.322 e. The molecule has 0 bridgehead atoms. The molecule has 1 fully saturated rings. The standard InChI is InChI=1S/C23H27ClN2O3/c1-2-29-22(27)16-17-11-13-18(14-12-17)25-23(28)26-15-7-3-4-10-21(26)19-8-5-6-9-20(19)24/h5-6,8-9,11-14,21H,2-4,7,10,15-16H2,1H3,(H,25,28). The summed E-state index contributed by atoms with van der Waals surface area (Å²) in [5.41, 5.74) is 2.55. The number of hydrogen-bond acceptors (Lipinski definition) is 3. The molecule has 1 aliphatic rings. The Balaban J connectivity index is 1.70. The van der Waals surface area contributed by atoms with Crippen molar-refractivity contribution in [3.05, 3.63) is 64.7 Å². The number of halogens is 1. The van der Waals surface area contributed by atoms with E-state index in [2.05, 4.69) is 5.32 Å². The van der Waals surface area contributed by atoms with Crippen LogP contribution >= 0.6 is 11.6 Å². The van der Waals surface area contributed by atoms with Crippen molar-refractivity contribution in [3.8, 4) is 0 Å². The number of benzene rings is 2. The molecule has 29 heavy (non-hydrogen) atoms. The van der Waals surface area contributed by atoms with E-state index in [-0.39, 0.29) is 24.5 Å². The number of ether oxygens (including phenoxy) is 1. The topological polar surface area (TPSA) is 58.6 Å². The molecule has 1 atom stereocenters. The number of nitrogens with one attached hydrogen (secondary N) is 1. The van der Waals surface area contributed by atoms with Gasteiger partial charge in [0.2, 0.25) is 0 Å². The third-order valence-corrected chi connectivity index (χ3v) is 5.48. The van der Waals surface area contributed by atoms with Gasteiger partial charge in [-0.1, -0.05) is 54.8 Å². The minimum absolute atomic E-state index is 0.0331. The van der Waals surface area contributed by atoms with Crippen LogP contribution in [0, 0.1) is 0 Å². The highest BCUT2D eigenvalue weighted by Gasteiger charge is 2.28. The molecular weight excluding hydrogens is 388 g/mol. The molecule has 0 aliphatic carbocycles. The molecule has 1 unspecified atom stereocenters. The summed E-state index contributed by atoms with van der Waals surface area (Å²) in [6, 6.07) is 14.9. The second kappa shape index (κ2) is 10.3. The SMILES string of the molecule is CCOC(=O)Cc1ccc(NC(=O)N2CCCCCC2c2ccccc2Cl)cc1. The molecule has 0 aromatic heterocycles. The number of likely N-dealkylation sites (tertiary alicyclic amines) is 1. The molecule has 1 aliphatic heterocycles.